The summed E-state index contributed by atoms with van der Waals surface area (Å²) < 4.78 is 0. The largest absolute Gasteiger partial charge is 0.276 e. The van der Waals surface area contributed by atoms with E-state index in [2.05, 4.69) is 5.48 Å². The van der Waals surface area contributed by atoms with Crippen molar-refractivity contribution in [1.29, 1.82) is 0 Å². The van der Waals surface area contributed by atoms with Crippen LogP contribution in [-0.2, 0) is 4.84 Å². The lowest BCUT2D eigenvalue weighted by molar-refractivity contribution is -0.0124. The number of benzene rings is 1. The van der Waals surface area contributed by atoms with Gasteiger partial charge >= 0.3 is 0 Å². The lowest BCUT2D eigenvalue weighted by Gasteiger charge is -2.12. The van der Waals surface area contributed by atoms with E-state index in [1.807, 2.05) is 19.1 Å². The normalized spacial score (nSPS) is 16.1. The van der Waals surface area contributed by atoms with Crippen molar-refractivity contribution in [1.82, 2.24) is 5.48 Å². The molecule has 1 N–H and O–H groups in total. The average Bonchev–Trinajstić information content (AvgIpc) is 2.82. The Balaban J connectivity index is 1.97. The second-order valence-corrected chi connectivity index (χ2v) is 4.77. The Bertz CT molecular complexity index is 414. The Hall–Kier alpha value is -1.06. The Morgan fingerprint density at radius 1 is 1.41 bits per heavy atom. The topological polar surface area (TPSA) is 38.3 Å². The van der Waals surface area contributed by atoms with Gasteiger partial charge in [-0.05, 0) is 31.4 Å². The second kappa shape index (κ2) is 5.52. The molecule has 0 unspecified atom stereocenters. The number of nitrogens with one attached hydrogen (secondary N) is 1. The minimum atomic E-state index is -0.273. The smallest absolute Gasteiger partial charge is 0.270 e. The average molecular weight is 254 g/mol. The third-order valence-corrected chi connectivity index (χ3v) is 3.56. The molecule has 0 saturated heterocycles. The highest BCUT2D eigenvalue weighted by Crippen LogP contribution is 2.22. The SMILES string of the molecule is Cc1cccc(C(=O)NOC2CCCC2)c1Cl. The molecule has 1 saturated carbocycles. The van der Waals surface area contributed by atoms with E-state index in [9.17, 15) is 4.79 Å². The van der Waals surface area contributed by atoms with Crippen molar-refractivity contribution in [3.8, 4) is 0 Å². The molecule has 0 aliphatic heterocycles. The zero-order valence-electron chi connectivity index (χ0n) is 9.83. The van der Waals surface area contributed by atoms with E-state index in [-0.39, 0.29) is 12.0 Å². The molecule has 1 aliphatic rings. The molecule has 1 amide bonds. The summed E-state index contributed by atoms with van der Waals surface area (Å²) in [5.74, 6) is -0.273. The van der Waals surface area contributed by atoms with Crippen LogP contribution in [0.4, 0.5) is 0 Å². The molecule has 3 nitrogen and oxygen atoms in total. The Labute approximate surface area is 106 Å². The summed E-state index contributed by atoms with van der Waals surface area (Å²) in [4.78, 5) is 17.2. The van der Waals surface area contributed by atoms with Gasteiger partial charge in [0.05, 0.1) is 16.7 Å². The summed E-state index contributed by atoms with van der Waals surface area (Å²) in [6, 6.07) is 5.38. The molecule has 2 rings (SSSR count). The van der Waals surface area contributed by atoms with E-state index in [0.717, 1.165) is 18.4 Å². The van der Waals surface area contributed by atoms with Crippen LogP contribution in [0.1, 0.15) is 41.6 Å². The van der Waals surface area contributed by atoms with Crippen LogP contribution in [-0.4, -0.2) is 12.0 Å². The van der Waals surface area contributed by atoms with Crippen LogP contribution in [0.5, 0.6) is 0 Å². The number of hydrogen-bond acceptors (Lipinski definition) is 2. The zero-order chi connectivity index (χ0) is 12.3. The van der Waals surface area contributed by atoms with Gasteiger partial charge in [-0.25, -0.2) is 5.48 Å². The first-order valence-corrected chi connectivity index (χ1v) is 6.27. The van der Waals surface area contributed by atoms with Crippen LogP contribution in [0.2, 0.25) is 5.02 Å². The van der Waals surface area contributed by atoms with Gasteiger partial charge in [-0.2, -0.15) is 0 Å². The van der Waals surface area contributed by atoms with Gasteiger partial charge in [0.1, 0.15) is 0 Å². The molecule has 0 aromatic heterocycles. The molecular formula is C13H16ClNO2. The summed E-state index contributed by atoms with van der Waals surface area (Å²) in [6.07, 6.45) is 4.53. The summed E-state index contributed by atoms with van der Waals surface area (Å²) in [5, 5.41) is 0.486. The van der Waals surface area contributed by atoms with Crippen molar-refractivity contribution in [2.24, 2.45) is 0 Å². The highest BCUT2D eigenvalue weighted by molar-refractivity contribution is 6.34. The minimum Gasteiger partial charge on any atom is -0.270 e. The fourth-order valence-electron chi connectivity index (χ4n) is 2.02. The zero-order valence-corrected chi connectivity index (χ0v) is 10.6. The number of carbonyl (C=O) groups is 1. The van der Waals surface area contributed by atoms with Crippen molar-refractivity contribution < 1.29 is 9.63 Å². The monoisotopic (exact) mass is 253 g/mol. The molecule has 0 heterocycles. The number of rotatable bonds is 3. The first-order valence-electron chi connectivity index (χ1n) is 5.89. The molecule has 4 heteroatoms. The Kier molecular flexibility index (Phi) is 4.02. The van der Waals surface area contributed by atoms with Crippen LogP contribution in [0.15, 0.2) is 18.2 Å². The van der Waals surface area contributed by atoms with Crippen LogP contribution in [0.25, 0.3) is 0 Å². The van der Waals surface area contributed by atoms with Crippen LogP contribution < -0.4 is 5.48 Å². The quantitative estimate of drug-likeness (QED) is 0.840. The van der Waals surface area contributed by atoms with Crippen molar-refractivity contribution >= 4 is 17.5 Å². The van der Waals surface area contributed by atoms with Crippen LogP contribution in [0, 0.1) is 6.92 Å². The van der Waals surface area contributed by atoms with E-state index in [4.69, 9.17) is 16.4 Å². The highest BCUT2D eigenvalue weighted by Gasteiger charge is 2.18. The second-order valence-electron chi connectivity index (χ2n) is 4.39. The molecular weight excluding hydrogens is 238 g/mol. The molecule has 0 bridgehead atoms. The van der Waals surface area contributed by atoms with Gasteiger partial charge in [-0.15, -0.1) is 0 Å². The number of halogens is 1. The number of aryl methyl sites for hydroxylation is 1. The molecule has 0 atom stereocenters. The van der Waals surface area contributed by atoms with Crippen molar-refractivity contribution in [2.45, 2.75) is 38.7 Å². The molecule has 1 fully saturated rings. The maximum atomic E-state index is 11.9. The van der Waals surface area contributed by atoms with Crippen molar-refractivity contribution in [3.63, 3.8) is 0 Å². The van der Waals surface area contributed by atoms with Gasteiger partial charge in [0.2, 0.25) is 0 Å². The fraction of sp³-hybridized carbons (Fsp3) is 0.462. The van der Waals surface area contributed by atoms with Gasteiger partial charge in [0, 0.05) is 0 Å². The van der Waals surface area contributed by atoms with E-state index < -0.39 is 0 Å². The van der Waals surface area contributed by atoms with Gasteiger partial charge < -0.3 is 0 Å². The lowest BCUT2D eigenvalue weighted by Crippen LogP contribution is -2.28. The fourth-order valence-corrected chi connectivity index (χ4v) is 2.23. The van der Waals surface area contributed by atoms with E-state index in [1.165, 1.54) is 12.8 Å². The predicted octanol–water partition coefficient (Wildman–Crippen LogP) is 3.25. The van der Waals surface area contributed by atoms with Gasteiger partial charge in [-0.3, -0.25) is 9.63 Å². The third-order valence-electron chi connectivity index (χ3n) is 3.06. The van der Waals surface area contributed by atoms with Crippen LogP contribution >= 0.6 is 11.6 Å². The maximum absolute atomic E-state index is 11.9. The van der Waals surface area contributed by atoms with Crippen molar-refractivity contribution in [3.05, 3.63) is 34.3 Å². The molecule has 17 heavy (non-hydrogen) atoms. The minimum absolute atomic E-state index is 0.155. The van der Waals surface area contributed by atoms with Gasteiger partial charge in [0.25, 0.3) is 5.91 Å². The number of carbonyl (C=O) groups excluding carboxylic acids is 1. The van der Waals surface area contributed by atoms with Gasteiger partial charge in [0.15, 0.2) is 0 Å². The molecule has 0 spiro atoms. The molecule has 0 radical (unpaired) electrons. The first kappa shape index (κ1) is 12.4. The summed E-state index contributed by atoms with van der Waals surface area (Å²) in [7, 11) is 0. The predicted molar refractivity (Wildman–Crippen MR) is 67.0 cm³/mol. The number of hydroxylamine groups is 1. The Morgan fingerprint density at radius 2 is 2.12 bits per heavy atom. The molecule has 92 valence electrons. The van der Waals surface area contributed by atoms with Crippen LogP contribution in [0.3, 0.4) is 0 Å². The van der Waals surface area contributed by atoms with E-state index in [0.29, 0.717) is 10.6 Å². The maximum Gasteiger partial charge on any atom is 0.276 e. The summed E-state index contributed by atoms with van der Waals surface area (Å²) in [6.45, 7) is 1.87. The third kappa shape index (κ3) is 2.99. The summed E-state index contributed by atoms with van der Waals surface area (Å²) in [5.41, 5.74) is 3.84. The molecule has 1 aliphatic carbocycles. The Morgan fingerprint density at radius 3 is 2.82 bits per heavy atom. The standard InChI is InChI=1S/C13H16ClNO2/c1-9-5-4-8-11(12(9)14)13(16)15-17-10-6-2-3-7-10/h4-5,8,10H,2-3,6-7H2,1H3,(H,15,16). The highest BCUT2D eigenvalue weighted by atomic mass is 35.5. The molecule has 1 aromatic rings. The molecule has 1 aromatic carbocycles. The number of amides is 1. The number of hydrogen-bond donors (Lipinski definition) is 1. The van der Waals surface area contributed by atoms with Gasteiger partial charge in [-0.1, -0.05) is 36.6 Å². The van der Waals surface area contributed by atoms with E-state index >= 15 is 0 Å². The summed E-state index contributed by atoms with van der Waals surface area (Å²) >= 11 is 6.07. The lowest BCUT2D eigenvalue weighted by atomic mass is 10.1. The van der Waals surface area contributed by atoms with Crippen molar-refractivity contribution in [2.75, 3.05) is 0 Å². The van der Waals surface area contributed by atoms with E-state index in [1.54, 1.807) is 6.07 Å². The first-order chi connectivity index (χ1) is 8.18.